The SMILES string of the molecule is CC(C)(C)c1cc(-c2cc(-c3cc(C(C)(C)C)cc(C(C)(C)C)c3)ccn2)cc(-c2cccc3oc(-c4ccccc4O)nc23)c1. The Labute approximate surface area is 273 Å². The Balaban J connectivity index is 1.51. The lowest BCUT2D eigenvalue weighted by atomic mass is 9.79. The van der Waals surface area contributed by atoms with Crippen molar-refractivity contribution in [2.45, 2.75) is 78.6 Å². The maximum absolute atomic E-state index is 10.5. The molecule has 0 saturated carbocycles. The van der Waals surface area contributed by atoms with Crippen LogP contribution in [0.5, 0.6) is 5.75 Å². The zero-order chi connectivity index (χ0) is 33.0. The summed E-state index contributed by atoms with van der Waals surface area (Å²) in [5.41, 5.74) is 12.2. The van der Waals surface area contributed by atoms with Crippen molar-refractivity contribution in [3.05, 3.63) is 114 Å². The Morgan fingerprint density at radius 3 is 1.78 bits per heavy atom. The van der Waals surface area contributed by atoms with Crippen LogP contribution in [-0.4, -0.2) is 15.1 Å². The first-order valence-electron chi connectivity index (χ1n) is 16.0. The van der Waals surface area contributed by atoms with Crippen LogP contribution >= 0.6 is 0 Å². The summed E-state index contributed by atoms with van der Waals surface area (Å²) >= 11 is 0. The molecule has 0 amide bonds. The molecule has 46 heavy (non-hydrogen) atoms. The monoisotopic (exact) mass is 608 g/mol. The third kappa shape index (κ3) is 6.22. The molecule has 4 aromatic carbocycles. The van der Waals surface area contributed by atoms with Gasteiger partial charge in [0.25, 0.3) is 0 Å². The highest BCUT2D eigenvalue weighted by molar-refractivity contribution is 5.93. The number of hydrogen-bond acceptors (Lipinski definition) is 4. The fourth-order valence-electron chi connectivity index (χ4n) is 5.74. The zero-order valence-electron chi connectivity index (χ0n) is 28.5. The first-order valence-corrected chi connectivity index (χ1v) is 16.0. The second-order valence-corrected chi connectivity index (χ2v) is 15.5. The van der Waals surface area contributed by atoms with Crippen LogP contribution in [0.3, 0.4) is 0 Å². The van der Waals surface area contributed by atoms with E-state index in [1.165, 1.54) is 22.3 Å². The Bertz CT molecular complexity index is 2030. The number of oxazole rings is 1. The van der Waals surface area contributed by atoms with Gasteiger partial charge in [-0.15, -0.1) is 0 Å². The van der Waals surface area contributed by atoms with Gasteiger partial charge in [0.15, 0.2) is 5.58 Å². The molecule has 4 heteroatoms. The van der Waals surface area contributed by atoms with Crippen LogP contribution in [0.1, 0.15) is 79.0 Å². The summed E-state index contributed by atoms with van der Waals surface area (Å²) in [4.78, 5) is 9.77. The number of phenols is 1. The van der Waals surface area contributed by atoms with E-state index in [-0.39, 0.29) is 22.0 Å². The van der Waals surface area contributed by atoms with Gasteiger partial charge in [-0.25, -0.2) is 4.98 Å². The van der Waals surface area contributed by atoms with Gasteiger partial charge in [0.2, 0.25) is 5.89 Å². The molecule has 0 atom stereocenters. The van der Waals surface area contributed by atoms with Crippen LogP contribution in [0, 0.1) is 0 Å². The molecular weight excluding hydrogens is 564 g/mol. The van der Waals surface area contributed by atoms with Gasteiger partial charge in [-0.1, -0.05) is 111 Å². The first kappa shape index (κ1) is 31.3. The van der Waals surface area contributed by atoms with Gasteiger partial charge in [-0.2, -0.15) is 0 Å². The van der Waals surface area contributed by atoms with Crippen LogP contribution in [0.15, 0.2) is 102 Å². The molecule has 0 radical (unpaired) electrons. The molecule has 0 spiro atoms. The summed E-state index contributed by atoms with van der Waals surface area (Å²) in [5, 5.41) is 10.5. The lowest BCUT2D eigenvalue weighted by Crippen LogP contribution is -2.16. The third-order valence-electron chi connectivity index (χ3n) is 8.72. The van der Waals surface area contributed by atoms with Crippen molar-refractivity contribution < 1.29 is 9.52 Å². The maximum atomic E-state index is 10.5. The Morgan fingerprint density at radius 2 is 1.13 bits per heavy atom. The van der Waals surface area contributed by atoms with Crippen molar-refractivity contribution >= 4 is 11.1 Å². The molecule has 0 fully saturated rings. The van der Waals surface area contributed by atoms with Gasteiger partial charge in [0, 0.05) is 17.3 Å². The summed E-state index contributed by atoms with van der Waals surface area (Å²) < 4.78 is 6.16. The third-order valence-corrected chi connectivity index (χ3v) is 8.72. The number of phenolic OH excluding ortho intramolecular Hbond substituents is 1. The normalized spacial score (nSPS) is 12.5. The van der Waals surface area contributed by atoms with E-state index in [0.29, 0.717) is 17.0 Å². The lowest BCUT2D eigenvalue weighted by Gasteiger charge is -2.26. The number of fused-ring (bicyclic) bond motifs is 1. The highest BCUT2D eigenvalue weighted by Crippen LogP contribution is 2.39. The summed E-state index contributed by atoms with van der Waals surface area (Å²) in [6.07, 6.45) is 1.92. The van der Waals surface area contributed by atoms with Crippen molar-refractivity contribution in [3.8, 4) is 50.7 Å². The summed E-state index contributed by atoms with van der Waals surface area (Å²) in [5.74, 6) is 0.537. The Morgan fingerprint density at radius 1 is 0.543 bits per heavy atom. The van der Waals surface area contributed by atoms with Crippen molar-refractivity contribution in [1.29, 1.82) is 0 Å². The smallest absolute Gasteiger partial charge is 0.231 e. The van der Waals surface area contributed by atoms with Gasteiger partial charge in [-0.3, -0.25) is 4.98 Å². The van der Waals surface area contributed by atoms with E-state index in [1.807, 2.05) is 30.5 Å². The van der Waals surface area contributed by atoms with Crippen molar-refractivity contribution in [2.24, 2.45) is 0 Å². The standard InChI is InChI=1S/C42H44N2O2/c1-40(2,3)30-22-28(33-14-12-16-37-38(33)44-39(46-37)34-13-10-11-15-36(34)45)19-29(23-30)35-24-26(17-18-43-35)27-20-31(41(4,5)6)25-32(21-27)42(7,8)9/h10-25,45H,1-9H3. The van der Waals surface area contributed by atoms with Gasteiger partial charge in [-0.05, 0) is 92.1 Å². The van der Waals surface area contributed by atoms with Crippen molar-refractivity contribution in [2.75, 3.05) is 0 Å². The lowest BCUT2D eigenvalue weighted by molar-refractivity contribution is 0.474. The van der Waals surface area contributed by atoms with E-state index >= 15 is 0 Å². The summed E-state index contributed by atoms with van der Waals surface area (Å²) in [6, 6.07) is 31.2. The van der Waals surface area contributed by atoms with Crippen LogP contribution in [0.2, 0.25) is 0 Å². The van der Waals surface area contributed by atoms with E-state index < -0.39 is 0 Å². The molecule has 0 saturated heterocycles. The van der Waals surface area contributed by atoms with Gasteiger partial charge in [0.05, 0.1) is 11.3 Å². The molecule has 6 aromatic rings. The zero-order valence-corrected chi connectivity index (χ0v) is 28.5. The summed E-state index contributed by atoms with van der Waals surface area (Å²) in [7, 11) is 0. The second-order valence-electron chi connectivity index (χ2n) is 15.5. The number of rotatable bonds is 4. The molecule has 0 aliphatic heterocycles. The van der Waals surface area contributed by atoms with E-state index in [2.05, 4.69) is 117 Å². The van der Waals surface area contributed by atoms with Crippen LogP contribution < -0.4 is 0 Å². The number of hydrogen-bond donors (Lipinski definition) is 1. The number of aromatic nitrogens is 2. The number of nitrogens with zero attached hydrogens (tertiary/aromatic N) is 2. The molecule has 4 nitrogen and oxygen atoms in total. The largest absolute Gasteiger partial charge is 0.507 e. The predicted molar refractivity (Wildman–Crippen MR) is 191 cm³/mol. The molecule has 6 rings (SSSR count). The van der Waals surface area contributed by atoms with Crippen molar-refractivity contribution in [1.82, 2.24) is 9.97 Å². The van der Waals surface area contributed by atoms with Gasteiger partial charge in [0.1, 0.15) is 11.3 Å². The molecular formula is C42H44N2O2. The molecule has 1 N–H and O–H groups in total. The highest BCUT2D eigenvalue weighted by atomic mass is 16.3. The maximum Gasteiger partial charge on any atom is 0.231 e. The average Bonchev–Trinajstić information content (AvgIpc) is 3.44. The number of para-hydroxylation sites is 2. The van der Waals surface area contributed by atoms with Crippen LogP contribution in [-0.2, 0) is 16.2 Å². The van der Waals surface area contributed by atoms with Gasteiger partial charge < -0.3 is 9.52 Å². The molecule has 0 bridgehead atoms. The topological polar surface area (TPSA) is 59.2 Å². The minimum Gasteiger partial charge on any atom is -0.507 e. The van der Waals surface area contributed by atoms with E-state index in [0.717, 1.165) is 33.5 Å². The van der Waals surface area contributed by atoms with E-state index in [9.17, 15) is 5.11 Å². The van der Waals surface area contributed by atoms with E-state index in [1.54, 1.807) is 12.1 Å². The first-order chi connectivity index (χ1) is 21.6. The minimum absolute atomic E-state index is 0.0308. The minimum atomic E-state index is -0.0935. The number of pyridine rings is 1. The molecule has 2 aromatic heterocycles. The van der Waals surface area contributed by atoms with Crippen LogP contribution in [0.25, 0.3) is 56.1 Å². The van der Waals surface area contributed by atoms with Crippen LogP contribution in [0.4, 0.5) is 0 Å². The summed E-state index contributed by atoms with van der Waals surface area (Å²) in [6.45, 7) is 20.4. The molecule has 0 aliphatic rings. The molecule has 0 aliphatic carbocycles. The number of aromatic hydroxyl groups is 1. The molecule has 2 heterocycles. The Kier molecular flexibility index (Phi) is 7.67. The fraction of sp³-hybridized carbons (Fsp3) is 0.286. The van der Waals surface area contributed by atoms with Crippen molar-refractivity contribution in [3.63, 3.8) is 0 Å². The molecule has 234 valence electrons. The predicted octanol–water partition coefficient (Wildman–Crippen LogP) is 11.5. The van der Waals surface area contributed by atoms with E-state index in [4.69, 9.17) is 14.4 Å². The Hall–Kier alpha value is -4.70. The second kappa shape index (κ2) is 11.3. The quantitative estimate of drug-likeness (QED) is 0.216. The van der Waals surface area contributed by atoms with Gasteiger partial charge >= 0.3 is 0 Å². The fourth-order valence-corrected chi connectivity index (χ4v) is 5.74. The molecule has 0 unspecified atom stereocenters. The number of benzene rings is 4. The highest BCUT2D eigenvalue weighted by Gasteiger charge is 2.23. The average molecular weight is 609 g/mol.